The first kappa shape index (κ1) is 12.7. The molecule has 3 nitrogen and oxygen atoms in total. The minimum absolute atomic E-state index is 0. The molecule has 0 atom stereocenters. The minimum Gasteiger partial charge on any atom is -0.352 e. The lowest BCUT2D eigenvalue weighted by molar-refractivity contribution is 0.0953. The second-order valence-electron chi connectivity index (χ2n) is 2.76. The van der Waals surface area contributed by atoms with Crippen LogP contribution in [0.15, 0.2) is 30.3 Å². The van der Waals surface area contributed by atoms with Crippen LogP contribution in [0.2, 0.25) is 0 Å². The third kappa shape index (κ3) is 4.09. The molecular formula is C10H14BN2O. The fraction of sp³-hybridized carbons (Fsp3) is 0.300. The molecule has 1 aromatic rings. The Morgan fingerprint density at radius 3 is 2.50 bits per heavy atom. The predicted molar refractivity (Wildman–Crippen MR) is 58.2 cm³/mol. The van der Waals surface area contributed by atoms with E-state index in [0.29, 0.717) is 18.7 Å². The standard InChI is InChI=1S/C10H14N2O.B/c11-7-4-8-12-10(13)9-5-2-1-3-6-9;/h1-3,5-6H,4,7-8,11H2,(H,12,13);. The summed E-state index contributed by atoms with van der Waals surface area (Å²) in [6.07, 6.45) is 0.818. The number of hydrogen-bond acceptors (Lipinski definition) is 2. The molecule has 0 fully saturated rings. The molecule has 1 rings (SSSR count). The molecule has 3 N–H and O–H groups in total. The zero-order valence-electron chi connectivity index (χ0n) is 8.07. The number of hydrogen-bond donors (Lipinski definition) is 2. The van der Waals surface area contributed by atoms with Gasteiger partial charge in [-0.15, -0.1) is 0 Å². The highest BCUT2D eigenvalue weighted by molar-refractivity contribution is 5.94. The maximum absolute atomic E-state index is 11.4. The predicted octanol–water partition coefficient (Wildman–Crippen LogP) is 0.384. The Balaban J connectivity index is 0.00000169. The first-order chi connectivity index (χ1) is 6.34. The van der Waals surface area contributed by atoms with Crippen LogP contribution in [0, 0.1) is 0 Å². The van der Waals surface area contributed by atoms with Crippen molar-refractivity contribution in [3.05, 3.63) is 35.9 Å². The Kier molecular flexibility index (Phi) is 6.49. The smallest absolute Gasteiger partial charge is 0.251 e. The third-order valence-corrected chi connectivity index (χ3v) is 1.70. The Morgan fingerprint density at radius 1 is 1.29 bits per heavy atom. The van der Waals surface area contributed by atoms with Gasteiger partial charge in [0.25, 0.3) is 5.91 Å². The second-order valence-corrected chi connectivity index (χ2v) is 2.76. The molecule has 0 bridgehead atoms. The van der Waals surface area contributed by atoms with E-state index in [1.54, 1.807) is 12.1 Å². The molecule has 1 amide bonds. The van der Waals surface area contributed by atoms with Gasteiger partial charge in [0, 0.05) is 20.5 Å². The van der Waals surface area contributed by atoms with Crippen molar-refractivity contribution in [3.63, 3.8) is 0 Å². The number of nitrogens with two attached hydrogens (primary N) is 1. The molecule has 0 aromatic heterocycles. The number of carbonyl (C=O) groups is 1. The van der Waals surface area contributed by atoms with E-state index in [1.807, 2.05) is 18.2 Å². The molecule has 0 saturated carbocycles. The molecular weight excluding hydrogens is 175 g/mol. The molecule has 0 unspecified atom stereocenters. The lowest BCUT2D eigenvalue weighted by Crippen LogP contribution is -2.25. The molecule has 1 aromatic carbocycles. The van der Waals surface area contributed by atoms with Crippen molar-refractivity contribution in [1.29, 1.82) is 0 Å². The van der Waals surface area contributed by atoms with Gasteiger partial charge in [-0.2, -0.15) is 0 Å². The maximum Gasteiger partial charge on any atom is 0.251 e. The van der Waals surface area contributed by atoms with Gasteiger partial charge in [-0.05, 0) is 25.1 Å². The van der Waals surface area contributed by atoms with Gasteiger partial charge in [0.15, 0.2) is 0 Å². The van der Waals surface area contributed by atoms with E-state index >= 15 is 0 Å². The summed E-state index contributed by atoms with van der Waals surface area (Å²) in [6, 6.07) is 9.15. The number of benzene rings is 1. The maximum atomic E-state index is 11.4. The normalized spacial score (nSPS) is 8.93. The average molecular weight is 189 g/mol. The van der Waals surface area contributed by atoms with Crippen molar-refractivity contribution in [1.82, 2.24) is 5.32 Å². The van der Waals surface area contributed by atoms with E-state index in [1.165, 1.54) is 0 Å². The Morgan fingerprint density at radius 2 is 1.93 bits per heavy atom. The van der Waals surface area contributed by atoms with Gasteiger partial charge in [0.05, 0.1) is 0 Å². The SMILES string of the molecule is NCCCNC(=O)c1ccccc1.[B]. The lowest BCUT2D eigenvalue weighted by atomic mass is 10.2. The van der Waals surface area contributed by atoms with Gasteiger partial charge in [-0.25, -0.2) is 0 Å². The van der Waals surface area contributed by atoms with Crippen molar-refractivity contribution in [2.24, 2.45) is 5.73 Å². The average Bonchev–Trinajstić information content (AvgIpc) is 2.19. The molecule has 14 heavy (non-hydrogen) atoms. The van der Waals surface area contributed by atoms with E-state index in [0.717, 1.165) is 6.42 Å². The van der Waals surface area contributed by atoms with Gasteiger partial charge in [0.2, 0.25) is 0 Å². The summed E-state index contributed by atoms with van der Waals surface area (Å²) >= 11 is 0. The van der Waals surface area contributed by atoms with Crippen LogP contribution in [0.4, 0.5) is 0 Å². The molecule has 0 aliphatic rings. The highest BCUT2D eigenvalue weighted by Gasteiger charge is 2.01. The fourth-order valence-electron chi connectivity index (χ4n) is 0.996. The summed E-state index contributed by atoms with van der Waals surface area (Å²) in [5, 5.41) is 2.78. The topological polar surface area (TPSA) is 55.1 Å². The molecule has 73 valence electrons. The van der Waals surface area contributed by atoms with Crippen LogP contribution >= 0.6 is 0 Å². The summed E-state index contributed by atoms with van der Waals surface area (Å²) in [7, 11) is 0. The summed E-state index contributed by atoms with van der Waals surface area (Å²) < 4.78 is 0. The molecule has 0 saturated heterocycles. The Labute approximate surface area is 86.3 Å². The van der Waals surface area contributed by atoms with Crippen molar-refractivity contribution in [2.45, 2.75) is 6.42 Å². The summed E-state index contributed by atoms with van der Waals surface area (Å²) in [6.45, 7) is 1.25. The van der Waals surface area contributed by atoms with Crippen LogP contribution in [0.1, 0.15) is 16.8 Å². The minimum atomic E-state index is -0.0333. The second kappa shape index (κ2) is 7.15. The molecule has 0 spiro atoms. The van der Waals surface area contributed by atoms with Crippen LogP contribution in [-0.2, 0) is 0 Å². The van der Waals surface area contributed by atoms with Crippen LogP contribution in [0.5, 0.6) is 0 Å². The molecule has 0 aliphatic heterocycles. The summed E-state index contributed by atoms with van der Waals surface area (Å²) in [4.78, 5) is 11.4. The van der Waals surface area contributed by atoms with E-state index in [-0.39, 0.29) is 14.3 Å². The largest absolute Gasteiger partial charge is 0.352 e. The lowest BCUT2D eigenvalue weighted by Gasteiger charge is -2.02. The first-order valence-corrected chi connectivity index (χ1v) is 4.38. The zero-order chi connectivity index (χ0) is 9.52. The van der Waals surface area contributed by atoms with Crippen molar-refractivity contribution in [3.8, 4) is 0 Å². The van der Waals surface area contributed by atoms with Gasteiger partial charge < -0.3 is 11.1 Å². The van der Waals surface area contributed by atoms with Gasteiger partial charge in [0.1, 0.15) is 0 Å². The number of amides is 1. The quantitative estimate of drug-likeness (QED) is 0.531. The molecule has 4 heteroatoms. The highest BCUT2D eigenvalue weighted by atomic mass is 16.1. The van der Waals surface area contributed by atoms with E-state index < -0.39 is 0 Å². The third-order valence-electron chi connectivity index (χ3n) is 1.70. The van der Waals surface area contributed by atoms with Gasteiger partial charge in [-0.3, -0.25) is 4.79 Å². The Hall–Kier alpha value is -1.29. The van der Waals surface area contributed by atoms with Crippen LogP contribution < -0.4 is 11.1 Å². The first-order valence-electron chi connectivity index (χ1n) is 4.38. The number of nitrogens with one attached hydrogen (secondary N) is 1. The van der Waals surface area contributed by atoms with Crippen LogP contribution in [-0.4, -0.2) is 27.4 Å². The molecule has 0 aliphatic carbocycles. The van der Waals surface area contributed by atoms with E-state index in [4.69, 9.17) is 5.73 Å². The van der Waals surface area contributed by atoms with Crippen molar-refractivity contribution < 1.29 is 4.79 Å². The van der Waals surface area contributed by atoms with Crippen molar-refractivity contribution in [2.75, 3.05) is 13.1 Å². The Bertz CT molecular complexity index is 264. The monoisotopic (exact) mass is 189 g/mol. The highest BCUT2D eigenvalue weighted by Crippen LogP contribution is 1.97. The van der Waals surface area contributed by atoms with Gasteiger partial charge in [-0.1, -0.05) is 18.2 Å². The van der Waals surface area contributed by atoms with E-state index in [2.05, 4.69) is 5.32 Å². The molecule has 3 radical (unpaired) electrons. The summed E-state index contributed by atoms with van der Waals surface area (Å²) in [5.74, 6) is -0.0333. The van der Waals surface area contributed by atoms with Crippen LogP contribution in [0.3, 0.4) is 0 Å². The van der Waals surface area contributed by atoms with E-state index in [9.17, 15) is 4.79 Å². The fourth-order valence-corrected chi connectivity index (χ4v) is 0.996. The molecule has 0 heterocycles. The van der Waals surface area contributed by atoms with Gasteiger partial charge >= 0.3 is 0 Å². The number of rotatable bonds is 4. The van der Waals surface area contributed by atoms with Crippen molar-refractivity contribution >= 4 is 14.3 Å². The van der Waals surface area contributed by atoms with Crippen LogP contribution in [0.25, 0.3) is 0 Å². The zero-order valence-corrected chi connectivity index (χ0v) is 8.07. The summed E-state index contributed by atoms with van der Waals surface area (Å²) in [5.41, 5.74) is 6.00. The number of carbonyl (C=O) groups excluding carboxylic acids is 1.